The van der Waals surface area contributed by atoms with Gasteiger partial charge in [-0.1, -0.05) is 32.9 Å². The lowest BCUT2D eigenvalue weighted by Gasteiger charge is -2.34. The van der Waals surface area contributed by atoms with Gasteiger partial charge in [0.15, 0.2) is 0 Å². The molecule has 1 heterocycles. The molecule has 4 nitrogen and oxygen atoms in total. The molecule has 0 amide bonds. The molecule has 1 aromatic carbocycles. The molecule has 0 N–H and O–H groups in total. The number of halogens is 3. The van der Waals surface area contributed by atoms with Gasteiger partial charge in [-0.15, -0.1) is 0 Å². The van der Waals surface area contributed by atoms with Crippen LogP contribution >= 0.6 is 0 Å². The molecule has 1 aliphatic rings. The minimum Gasteiger partial charge on any atom is -0.292 e. The SMILES string of the molecule is CC(C)(C)c1ccc(S(=O)(=O)N2CCN(CC(F)(F)F)CC2)cc1. The molecule has 0 unspecified atom stereocenters. The zero-order valence-corrected chi connectivity index (χ0v) is 14.9. The fourth-order valence-electron chi connectivity index (χ4n) is 2.66. The van der Waals surface area contributed by atoms with Gasteiger partial charge in [0.1, 0.15) is 0 Å². The second kappa shape index (κ2) is 6.65. The topological polar surface area (TPSA) is 40.6 Å². The molecule has 2 rings (SSSR count). The quantitative estimate of drug-likeness (QED) is 0.828. The lowest BCUT2D eigenvalue weighted by Crippen LogP contribution is -2.50. The second-order valence-electron chi connectivity index (χ2n) is 7.07. The van der Waals surface area contributed by atoms with Crippen LogP contribution in [0.4, 0.5) is 13.2 Å². The first kappa shape index (κ1) is 19.2. The minimum atomic E-state index is -4.26. The highest BCUT2D eigenvalue weighted by Gasteiger charge is 2.34. The van der Waals surface area contributed by atoms with E-state index in [1.54, 1.807) is 24.3 Å². The molecule has 0 aromatic heterocycles. The summed E-state index contributed by atoms with van der Waals surface area (Å²) in [5, 5.41) is 0. The van der Waals surface area contributed by atoms with Crippen molar-refractivity contribution in [3.63, 3.8) is 0 Å². The van der Waals surface area contributed by atoms with E-state index in [2.05, 4.69) is 0 Å². The average molecular weight is 364 g/mol. The van der Waals surface area contributed by atoms with Gasteiger partial charge in [0, 0.05) is 26.2 Å². The summed E-state index contributed by atoms with van der Waals surface area (Å²) in [5.41, 5.74) is 0.947. The van der Waals surface area contributed by atoms with Crippen LogP contribution in [-0.2, 0) is 15.4 Å². The molecule has 8 heteroatoms. The highest BCUT2D eigenvalue weighted by Crippen LogP contribution is 2.25. The molecule has 1 aromatic rings. The van der Waals surface area contributed by atoms with Crippen LogP contribution in [0.1, 0.15) is 26.3 Å². The standard InChI is InChI=1S/C16H23F3N2O2S/c1-15(2,3)13-4-6-14(7-5-13)24(22,23)21-10-8-20(9-11-21)12-16(17,18)19/h4-7H,8-12H2,1-3H3. The van der Waals surface area contributed by atoms with Crippen molar-refractivity contribution in [2.75, 3.05) is 32.7 Å². The zero-order valence-electron chi connectivity index (χ0n) is 14.1. The third-order valence-electron chi connectivity index (χ3n) is 4.09. The first-order valence-corrected chi connectivity index (χ1v) is 9.23. The van der Waals surface area contributed by atoms with E-state index in [4.69, 9.17) is 0 Å². The molecule has 1 aliphatic heterocycles. The van der Waals surface area contributed by atoms with Gasteiger partial charge < -0.3 is 0 Å². The van der Waals surface area contributed by atoms with Crippen LogP contribution in [0.25, 0.3) is 0 Å². The van der Waals surface area contributed by atoms with Crippen LogP contribution in [0.5, 0.6) is 0 Å². The Bertz CT molecular complexity index is 656. The van der Waals surface area contributed by atoms with Gasteiger partial charge in [0.05, 0.1) is 11.4 Å². The van der Waals surface area contributed by atoms with Crippen LogP contribution in [0.3, 0.4) is 0 Å². The number of sulfonamides is 1. The lowest BCUT2D eigenvalue weighted by molar-refractivity contribution is -0.148. The maximum atomic E-state index is 12.6. The molecule has 0 saturated carbocycles. The first-order valence-electron chi connectivity index (χ1n) is 7.79. The summed E-state index contributed by atoms with van der Waals surface area (Å²) in [5.74, 6) is 0. The molecule has 0 bridgehead atoms. The number of hydrogen-bond acceptors (Lipinski definition) is 3. The van der Waals surface area contributed by atoms with E-state index in [-0.39, 0.29) is 36.5 Å². The predicted molar refractivity (Wildman–Crippen MR) is 86.4 cm³/mol. The molecule has 1 saturated heterocycles. The average Bonchev–Trinajstić information content (AvgIpc) is 2.45. The molecule has 0 atom stereocenters. The van der Waals surface area contributed by atoms with E-state index < -0.39 is 22.7 Å². The smallest absolute Gasteiger partial charge is 0.292 e. The Balaban J connectivity index is 2.07. The minimum absolute atomic E-state index is 0.0689. The molecule has 24 heavy (non-hydrogen) atoms. The van der Waals surface area contributed by atoms with Crippen LogP contribution in [-0.4, -0.2) is 56.5 Å². The summed E-state index contributed by atoms with van der Waals surface area (Å²) in [6, 6.07) is 6.70. The Hall–Kier alpha value is -1.12. The van der Waals surface area contributed by atoms with Crippen molar-refractivity contribution in [2.45, 2.75) is 37.3 Å². The van der Waals surface area contributed by atoms with E-state index in [1.807, 2.05) is 20.8 Å². The molecule has 0 radical (unpaired) electrons. The Morgan fingerprint density at radius 3 is 1.88 bits per heavy atom. The van der Waals surface area contributed by atoms with E-state index >= 15 is 0 Å². The number of rotatable bonds is 3. The summed E-state index contributed by atoms with van der Waals surface area (Å²) in [6.07, 6.45) is -4.26. The number of nitrogens with zero attached hydrogens (tertiary/aromatic N) is 2. The summed E-state index contributed by atoms with van der Waals surface area (Å²) < 4.78 is 63.7. The summed E-state index contributed by atoms with van der Waals surface area (Å²) in [4.78, 5) is 1.41. The van der Waals surface area contributed by atoms with Crippen molar-refractivity contribution < 1.29 is 21.6 Å². The molecule has 1 fully saturated rings. The number of alkyl halides is 3. The first-order chi connectivity index (χ1) is 10.9. The normalized spacial score (nSPS) is 18.8. The van der Waals surface area contributed by atoms with Crippen molar-refractivity contribution in [3.05, 3.63) is 29.8 Å². The van der Waals surface area contributed by atoms with Crippen LogP contribution < -0.4 is 0 Å². The van der Waals surface area contributed by atoms with Crippen LogP contribution in [0, 0.1) is 0 Å². The highest BCUT2D eigenvalue weighted by atomic mass is 32.2. The van der Waals surface area contributed by atoms with Gasteiger partial charge in [0.25, 0.3) is 0 Å². The summed E-state index contributed by atoms with van der Waals surface area (Å²) in [7, 11) is -3.67. The van der Waals surface area contributed by atoms with Crippen molar-refractivity contribution >= 4 is 10.0 Å². The lowest BCUT2D eigenvalue weighted by atomic mass is 9.87. The Morgan fingerprint density at radius 1 is 0.958 bits per heavy atom. The van der Waals surface area contributed by atoms with E-state index in [0.717, 1.165) is 5.56 Å². The van der Waals surface area contributed by atoms with Crippen molar-refractivity contribution in [3.8, 4) is 0 Å². The summed E-state index contributed by atoms with van der Waals surface area (Å²) in [6.45, 7) is 5.42. The van der Waals surface area contributed by atoms with Crippen LogP contribution in [0.2, 0.25) is 0 Å². The predicted octanol–water partition coefficient (Wildman–Crippen LogP) is 2.85. The van der Waals surface area contributed by atoms with Gasteiger partial charge in [-0.25, -0.2) is 8.42 Å². The second-order valence-corrected chi connectivity index (χ2v) is 9.01. The number of hydrogen-bond donors (Lipinski definition) is 0. The van der Waals surface area contributed by atoms with Gasteiger partial charge >= 0.3 is 6.18 Å². The molecular formula is C16H23F3N2O2S. The number of piperazine rings is 1. The number of benzene rings is 1. The zero-order chi connectivity index (χ0) is 18.2. The van der Waals surface area contributed by atoms with Crippen molar-refractivity contribution in [1.82, 2.24) is 9.21 Å². The Kier molecular flexibility index (Phi) is 5.32. The Labute approximate surface area is 141 Å². The maximum Gasteiger partial charge on any atom is 0.401 e. The van der Waals surface area contributed by atoms with Gasteiger partial charge in [-0.05, 0) is 23.1 Å². The fourth-order valence-corrected chi connectivity index (χ4v) is 4.08. The van der Waals surface area contributed by atoms with Crippen molar-refractivity contribution in [2.24, 2.45) is 0 Å². The molecular weight excluding hydrogens is 341 g/mol. The fraction of sp³-hybridized carbons (Fsp3) is 0.625. The Morgan fingerprint density at radius 2 is 1.46 bits per heavy atom. The van der Waals surface area contributed by atoms with Crippen LogP contribution in [0.15, 0.2) is 29.2 Å². The van der Waals surface area contributed by atoms with Gasteiger partial charge in [-0.2, -0.15) is 17.5 Å². The van der Waals surface area contributed by atoms with Gasteiger partial charge in [0.2, 0.25) is 10.0 Å². The van der Waals surface area contributed by atoms with E-state index in [0.29, 0.717) is 0 Å². The largest absolute Gasteiger partial charge is 0.401 e. The van der Waals surface area contributed by atoms with E-state index in [1.165, 1.54) is 9.21 Å². The van der Waals surface area contributed by atoms with Gasteiger partial charge in [-0.3, -0.25) is 4.90 Å². The molecule has 0 aliphatic carbocycles. The molecule has 0 spiro atoms. The maximum absolute atomic E-state index is 12.6. The van der Waals surface area contributed by atoms with Crippen molar-refractivity contribution in [1.29, 1.82) is 0 Å². The van der Waals surface area contributed by atoms with E-state index in [9.17, 15) is 21.6 Å². The third-order valence-corrected chi connectivity index (χ3v) is 6.01. The molecule has 136 valence electrons. The highest BCUT2D eigenvalue weighted by molar-refractivity contribution is 7.89. The monoisotopic (exact) mass is 364 g/mol. The summed E-state index contributed by atoms with van der Waals surface area (Å²) >= 11 is 0. The third kappa shape index (κ3) is 4.70.